The Bertz CT molecular complexity index is 1170. The van der Waals surface area contributed by atoms with E-state index < -0.39 is 5.60 Å². The van der Waals surface area contributed by atoms with Gasteiger partial charge in [0.2, 0.25) is 0 Å². The van der Waals surface area contributed by atoms with Crippen LogP contribution in [0.2, 0.25) is 0 Å². The largest absolute Gasteiger partial charge is 0.443 e. The van der Waals surface area contributed by atoms with Gasteiger partial charge in [0.25, 0.3) is 5.91 Å². The van der Waals surface area contributed by atoms with Gasteiger partial charge in [0.15, 0.2) is 0 Å². The number of anilines is 1. The number of rotatable bonds is 13. The molecule has 0 radical (unpaired) electrons. The molecule has 2 amide bonds. The third-order valence-electron chi connectivity index (χ3n) is 9.59. The van der Waals surface area contributed by atoms with E-state index in [9.17, 15) is 9.59 Å². The maximum absolute atomic E-state index is 12.9. The number of piperidine rings is 1. The topological polar surface area (TPSA) is 74.4 Å². The molecule has 2 aromatic carbocycles. The zero-order valence-electron chi connectivity index (χ0n) is 26.7. The van der Waals surface area contributed by atoms with E-state index in [2.05, 4.69) is 22.0 Å². The van der Waals surface area contributed by atoms with Crippen LogP contribution in [0.5, 0.6) is 0 Å². The van der Waals surface area contributed by atoms with Crippen LogP contribution in [0.4, 0.5) is 10.5 Å². The molecule has 3 aliphatic rings. The Morgan fingerprint density at radius 3 is 2.09 bits per heavy atom. The highest BCUT2D eigenvalue weighted by molar-refractivity contribution is 5.91. The number of nitrogens with zero attached hydrogens (tertiary/aromatic N) is 3. The number of hydrogen-bond acceptors (Lipinski definition) is 6. The molecule has 0 aliphatic carbocycles. The number of carbonyl (C=O) groups is 2. The van der Waals surface area contributed by atoms with Gasteiger partial charge in [-0.1, -0.05) is 74.2 Å². The number of unbranched alkanes of at least 4 members (excludes halogenated alkanes) is 5. The summed E-state index contributed by atoms with van der Waals surface area (Å²) in [4.78, 5) is 32.4. The smallest absolute Gasteiger partial charge is 0.412 e. The number of ether oxygens (including phenoxy) is 2. The number of para-hydroxylation sites is 1. The van der Waals surface area contributed by atoms with Crippen molar-refractivity contribution in [2.75, 3.05) is 64.3 Å². The highest BCUT2D eigenvalue weighted by atomic mass is 16.6. The van der Waals surface area contributed by atoms with Crippen molar-refractivity contribution in [3.63, 3.8) is 0 Å². The molecule has 2 aromatic rings. The van der Waals surface area contributed by atoms with E-state index in [1.165, 1.54) is 38.5 Å². The standard InChI is InChI=1S/C36H52N4O4/c1-36(44-35(42)37-32-17-10-9-16-31(32)30-14-7-6-8-15-30)19-23-38(24-20-36)21-11-4-2-3-5-12-22-39-25-27-40(28-26-39)34(41)33-18-13-29-43-33/h6-10,14-17,33H,2-5,11-13,18-29H2,1H3,(H,37,42). The third kappa shape index (κ3) is 9.53. The van der Waals surface area contributed by atoms with Crippen LogP contribution in [-0.4, -0.2) is 97.4 Å². The van der Waals surface area contributed by atoms with E-state index in [0.717, 1.165) is 101 Å². The number of piperazine rings is 1. The fourth-order valence-corrected chi connectivity index (χ4v) is 6.72. The van der Waals surface area contributed by atoms with Crippen LogP contribution in [0.1, 0.15) is 71.1 Å². The molecule has 44 heavy (non-hydrogen) atoms. The summed E-state index contributed by atoms with van der Waals surface area (Å²) in [6, 6.07) is 18.0. The number of amides is 2. The molecule has 5 rings (SSSR count). The molecule has 8 nitrogen and oxygen atoms in total. The summed E-state index contributed by atoms with van der Waals surface area (Å²) < 4.78 is 11.6. The molecule has 3 aliphatic heterocycles. The highest BCUT2D eigenvalue weighted by Crippen LogP contribution is 2.30. The first-order valence-electron chi connectivity index (χ1n) is 17.0. The average molecular weight is 605 g/mol. The number of benzene rings is 2. The van der Waals surface area contributed by atoms with Gasteiger partial charge in [0.1, 0.15) is 11.7 Å². The van der Waals surface area contributed by atoms with Crippen molar-refractivity contribution in [2.45, 2.75) is 82.8 Å². The molecule has 0 aromatic heterocycles. The van der Waals surface area contributed by atoms with Crippen LogP contribution < -0.4 is 5.32 Å². The second kappa shape index (κ2) is 16.4. The fourth-order valence-electron chi connectivity index (χ4n) is 6.72. The zero-order valence-corrected chi connectivity index (χ0v) is 26.7. The minimum atomic E-state index is -0.436. The Hall–Kier alpha value is -2.94. The van der Waals surface area contributed by atoms with Gasteiger partial charge in [-0.3, -0.25) is 15.0 Å². The van der Waals surface area contributed by atoms with Gasteiger partial charge in [-0.15, -0.1) is 0 Å². The summed E-state index contributed by atoms with van der Waals surface area (Å²) >= 11 is 0. The van der Waals surface area contributed by atoms with Crippen molar-refractivity contribution in [2.24, 2.45) is 0 Å². The maximum atomic E-state index is 12.9. The predicted molar refractivity (Wildman–Crippen MR) is 176 cm³/mol. The quantitative estimate of drug-likeness (QED) is 0.266. The summed E-state index contributed by atoms with van der Waals surface area (Å²) in [5.74, 6) is 0.207. The lowest BCUT2D eigenvalue weighted by Gasteiger charge is -2.38. The molecule has 3 fully saturated rings. The van der Waals surface area contributed by atoms with Gasteiger partial charge in [-0.2, -0.15) is 0 Å². The summed E-state index contributed by atoms with van der Waals surface area (Å²) in [5, 5.41) is 2.99. The minimum Gasteiger partial charge on any atom is -0.443 e. The van der Waals surface area contributed by atoms with Crippen LogP contribution in [0.3, 0.4) is 0 Å². The van der Waals surface area contributed by atoms with Crippen LogP contribution in [0, 0.1) is 0 Å². The van der Waals surface area contributed by atoms with Crippen LogP contribution in [0.15, 0.2) is 54.6 Å². The summed E-state index contributed by atoms with van der Waals surface area (Å²) in [6.45, 7) is 10.7. The van der Waals surface area contributed by atoms with Crippen molar-refractivity contribution in [3.8, 4) is 11.1 Å². The molecular formula is C36H52N4O4. The van der Waals surface area contributed by atoms with Gasteiger partial charge in [-0.25, -0.2) is 4.79 Å². The molecule has 1 unspecified atom stereocenters. The van der Waals surface area contributed by atoms with Crippen molar-refractivity contribution in [1.29, 1.82) is 0 Å². The minimum absolute atomic E-state index is 0.182. The Morgan fingerprint density at radius 2 is 1.43 bits per heavy atom. The molecule has 240 valence electrons. The maximum Gasteiger partial charge on any atom is 0.412 e. The second-order valence-corrected chi connectivity index (χ2v) is 13.0. The first-order valence-corrected chi connectivity index (χ1v) is 17.0. The number of hydrogen-bond donors (Lipinski definition) is 1. The Balaban J connectivity index is 0.891. The van der Waals surface area contributed by atoms with Gasteiger partial charge in [-0.05, 0) is 70.2 Å². The number of nitrogens with one attached hydrogen (secondary N) is 1. The monoisotopic (exact) mass is 604 g/mol. The summed E-state index contributed by atoms with van der Waals surface area (Å²) in [5.41, 5.74) is 2.39. The second-order valence-electron chi connectivity index (χ2n) is 13.0. The van der Waals surface area contributed by atoms with E-state index in [0.29, 0.717) is 0 Å². The van der Waals surface area contributed by atoms with E-state index in [1.807, 2.05) is 59.5 Å². The van der Waals surface area contributed by atoms with Crippen molar-refractivity contribution < 1.29 is 19.1 Å². The number of likely N-dealkylation sites (tertiary alicyclic amines) is 1. The van der Waals surface area contributed by atoms with Gasteiger partial charge in [0.05, 0.1) is 5.69 Å². The molecule has 0 spiro atoms. The fraction of sp³-hybridized carbons (Fsp3) is 0.611. The van der Waals surface area contributed by atoms with E-state index in [-0.39, 0.29) is 18.1 Å². The Kier molecular flexibility index (Phi) is 12.1. The van der Waals surface area contributed by atoms with Crippen LogP contribution >= 0.6 is 0 Å². The van der Waals surface area contributed by atoms with Gasteiger partial charge < -0.3 is 19.3 Å². The van der Waals surface area contributed by atoms with E-state index in [1.54, 1.807) is 0 Å². The molecular weight excluding hydrogens is 552 g/mol. The predicted octanol–water partition coefficient (Wildman–Crippen LogP) is 6.42. The average Bonchev–Trinajstić information content (AvgIpc) is 3.59. The molecule has 1 N–H and O–H groups in total. The van der Waals surface area contributed by atoms with Crippen molar-refractivity contribution >= 4 is 17.7 Å². The summed E-state index contributed by atoms with van der Waals surface area (Å²) in [6.07, 6.45) is 10.7. The molecule has 0 saturated carbocycles. The SMILES string of the molecule is CC1(OC(=O)Nc2ccccc2-c2ccccc2)CCN(CCCCCCCCN2CCN(C(=O)C3CCCO3)CC2)CC1. The lowest BCUT2D eigenvalue weighted by molar-refractivity contribution is -0.142. The number of carbonyl (C=O) groups excluding carboxylic acids is 2. The third-order valence-corrected chi connectivity index (χ3v) is 9.59. The van der Waals surface area contributed by atoms with Crippen molar-refractivity contribution in [3.05, 3.63) is 54.6 Å². The van der Waals surface area contributed by atoms with Crippen LogP contribution in [0.25, 0.3) is 11.1 Å². The molecule has 3 heterocycles. The first-order chi connectivity index (χ1) is 21.5. The first kappa shape index (κ1) is 32.5. The molecule has 1 atom stereocenters. The molecule has 0 bridgehead atoms. The normalized spacial score (nSPS) is 20.8. The lowest BCUT2D eigenvalue weighted by Crippen LogP contribution is -2.51. The lowest BCUT2D eigenvalue weighted by atomic mass is 9.93. The Morgan fingerprint density at radius 1 is 0.818 bits per heavy atom. The molecule has 3 saturated heterocycles. The Labute approximate surface area is 264 Å². The van der Waals surface area contributed by atoms with E-state index in [4.69, 9.17) is 9.47 Å². The van der Waals surface area contributed by atoms with Crippen LogP contribution in [-0.2, 0) is 14.3 Å². The molecule has 8 heteroatoms. The summed E-state index contributed by atoms with van der Waals surface area (Å²) in [7, 11) is 0. The van der Waals surface area contributed by atoms with E-state index >= 15 is 0 Å². The van der Waals surface area contributed by atoms with Gasteiger partial charge >= 0.3 is 6.09 Å². The zero-order chi connectivity index (χ0) is 30.6. The van der Waals surface area contributed by atoms with Gasteiger partial charge in [0, 0.05) is 51.4 Å². The van der Waals surface area contributed by atoms with Crippen molar-refractivity contribution in [1.82, 2.24) is 14.7 Å². The highest BCUT2D eigenvalue weighted by Gasteiger charge is 2.34.